The summed E-state index contributed by atoms with van der Waals surface area (Å²) in [6, 6.07) is 7.98. The van der Waals surface area contributed by atoms with Crippen LogP contribution in [0.5, 0.6) is 5.75 Å². The topological polar surface area (TPSA) is 41.5 Å². The van der Waals surface area contributed by atoms with Crippen LogP contribution >= 0.6 is 0 Å². The molecule has 3 nitrogen and oxygen atoms in total. The first-order chi connectivity index (χ1) is 7.31. The molecule has 0 aliphatic carbocycles. The van der Waals surface area contributed by atoms with Crippen molar-refractivity contribution in [3.63, 3.8) is 0 Å². The van der Waals surface area contributed by atoms with Gasteiger partial charge in [-0.15, -0.1) is 0 Å². The van der Waals surface area contributed by atoms with Crippen molar-refractivity contribution in [3.8, 4) is 5.75 Å². The Labute approximate surface area is 90.1 Å². The van der Waals surface area contributed by atoms with E-state index in [-0.39, 0.29) is 12.0 Å². The maximum absolute atomic E-state index is 9.86. The monoisotopic (exact) mass is 207 g/mol. The van der Waals surface area contributed by atoms with E-state index in [0.717, 1.165) is 18.7 Å². The molecule has 15 heavy (non-hydrogen) atoms. The van der Waals surface area contributed by atoms with E-state index in [0.29, 0.717) is 6.54 Å². The van der Waals surface area contributed by atoms with Crippen molar-refractivity contribution >= 4 is 0 Å². The molecule has 0 unspecified atom stereocenters. The molecule has 2 N–H and O–H groups in total. The molecule has 0 bridgehead atoms. The summed E-state index contributed by atoms with van der Waals surface area (Å²) in [7, 11) is 1.66. The van der Waals surface area contributed by atoms with Gasteiger partial charge in [-0.25, -0.2) is 0 Å². The van der Waals surface area contributed by atoms with Crippen molar-refractivity contribution in [1.29, 1.82) is 0 Å². The highest BCUT2D eigenvalue weighted by Crippen LogP contribution is 2.26. The Hall–Kier alpha value is -1.06. The van der Waals surface area contributed by atoms with E-state index >= 15 is 0 Å². The first-order valence-electron chi connectivity index (χ1n) is 5.34. The van der Waals surface area contributed by atoms with Crippen LogP contribution in [0.3, 0.4) is 0 Å². The van der Waals surface area contributed by atoms with Crippen LogP contribution in [0.15, 0.2) is 24.3 Å². The normalized spacial score (nSPS) is 26.3. The molecule has 2 rings (SSSR count). The largest absolute Gasteiger partial charge is 0.497 e. The molecule has 2 atom stereocenters. The van der Waals surface area contributed by atoms with Crippen molar-refractivity contribution in [2.75, 3.05) is 20.2 Å². The summed E-state index contributed by atoms with van der Waals surface area (Å²) >= 11 is 0. The lowest BCUT2D eigenvalue weighted by Crippen LogP contribution is -2.39. The predicted molar refractivity (Wildman–Crippen MR) is 59.2 cm³/mol. The average Bonchev–Trinajstić information content (AvgIpc) is 2.30. The number of rotatable bonds is 2. The van der Waals surface area contributed by atoms with Gasteiger partial charge >= 0.3 is 0 Å². The van der Waals surface area contributed by atoms with Gasteiger partial charge in [0.25, 0.3) is 0 Å². The maximum atomic E-state index is 9.86. The van der Waals surface area contributed by atoms with Crippen LogP contribution in [0.25, 0.3) is 0 Å². The Kier molecular flexibility index (Phi) is 3.23. The van der Waals surface area contributed by atoms with E-state index in [9.17, 15) is 5.11 Å². The fourth-order valence-corrected chi connectivity index (χ4v) is 2.08. The first-order valence-corrected chi connectivity index (χ1v) is 5.34. The van der Waals surface area contributed by atoms with Crippen LogP contribution in [0, 0.1) is 0 Å². The van der Waals surface area contributed by atoms with Crippen LogP contribution in [0.4, 0.5) is 0 Å². The molecule has 0 spiro atoms. The molecule has 1 aliphatic rings. The van der Waals surface area contributed by atoms with E-state index in [2.05, 4.69) is 5.32 Å². The molecule has 1 aromatic carbocycles. The number of hydrogen-bond acceptors (Lipinski definition) is 3. The number of β-amino-alcohol motifs (C(OH)–C–C–N with tert-alkyl or cyclic N) is 1. The number of benzene rings is 1. The third-order valence-electron chi connectivity index (χ3n) is 2.99. The molecule has 0 amide bonds. The summed E-state index contributed by atoms with van der Waals surface area (Å²) in [6.45, 7) is 1.67. The van der Waals surface area contributed by atoms with Crippen molar-refractivity contribution in [2.45, 2.75) is 18.4 Å². The predicted octanol–water partition coefficient (Wildman–Crippen LogP) is 1.13. The molecule has 82 valence electrons. The molecular formula is C12H17NO2. The lowest BCUT2D eigenvalue weighted by molar-refractivity contribution is 0.118. The standard InChI is InChI=1S/C12H17NO2/c1-15-10-4-2-9(3-5-10)11-6-7-13-8-12(11)14/h2-5,11-14H,6-8H2,1H3/t11-,12+/m1/s1. The number of aliphatic hydroxyl groups excluding tert-OH is 1. The minimum Gasteiger partial charge on any atom is -0.497 e. The zero-order chi connectivity index (χ0) is 10.7. The van der Waals surface area contributed by atoms with Gasteiger partial charge in [-0.3, -0.25) is 0 Å². The second kappa shape index (κ2) is 4.64. The number of methoxy groups -OCH3 is 1. The van der Waals surface area contributed by atoms with Gasteiger partial charge < -0.3 is 15.2 Å². The highest BCUT2D eigenvalue weighted by Gasteiger charge is 2.23. The molecular weight excluding hydrogens is 190 g/mol. The fraction of sp³-hybridized carbons (Fsp3) is 0.500. The van der Waals surface area contributed by atoms with Gasteiger partial charge in [0.15, 0.2) is 0 Å². The zero-order valence-corrected chi connectivity index (χ0v) is 8.94. The third kappa shape index (κ3) is 2.30. The van der Waals surface area contributed by atoms with Gasteiger partial charge in [-0.1, -0.05) is 12.1 Å². The maximum Gasteiger partial charge on any atom is 0.118 e. The van der Waals surface area contributed by atoms with Gasteiger partial charge in [0.05, 0.1) is 13.2 Å². The van der Waals surface area contributed by atoms with Crippen LogP contribution < -0.4 is 10.1 Å². The van der Waals surface area contributed by atoms with Crippen LogP contribution in [0.2, 0.25) is 0 Å². The quantitative estimate of drug-likeness (QED) is 0.764. The number of piperidine rings is 1. The summed E-state index contributed by atoms with van der Waals surface area (Å²) in [5, 5.41) is 13.0. The van der Waals surface area contributed by atoms with Crippen molar-refractivity contribution in [1.82, 2.24) is 5.32 Å². The van der Waals surface area contributed by atoms with E-state index in [4.69, 9.17) is 4.74 Å². The average molecular weight is 207 g/mol. The molecule has 1 saturated heterocycles. The molecule has 0 aromatic heterocycles. The molecule has 1 heterocycles. The summed E-state index contributed by atoms with van der Waals surface area (Å²) in [6.07, 6.45) is 0.722. The Balaban J connectivity index is 2.13. The minimum absolute atomic E-state index is 0.261. The summed E-state index contributed by atoms with van der Waals surface area (Å²) in [4.78, 5) is 0. The molecule has 0 radical (unpaired) electrons. The van der Waals surface area contributed by atoms with Crippen LogP contribution in [0.1, 0.15) is 17.9 Å². The minimum atomic E-state index is -0.271. The van der Waals surface area contributed by atoms with Crippen molar-refractivity contribution < 1.29 is 9.84 Å². The lowest BCUT2D eigenvalue weighted by Gasteiger charge is -2.28. The number of ether oxygens (including phenoxy) is 1. The van der Waals surface area contributed by atoms with E-state index in [1.165, 1.54) is 5.56 Å². The lowest BCUT2D eigenvalue weighted by atomic mass is 9.88. The first kappa shape index (κ1) is 10.5. The van der Waals surface area contributed by atoms with Gasteiger partial charge in [0.1, 0.15) is 5.75 Å². The van der Waals surface area contributed by atoms with Crippen molar-refractivity contribution in [2.24, 2.45) is 0 Å². The summed E-state index contributed by atoms with van der Waals surface area (Å²) < 4.78 is 5.11. The van der Waals surface area contributed by atoms with E-state index < -0.39 is 0 Å². The highest BCUT2D eigenvalue weighted by molar-refractivity contribution is 5.30. The van der Waals surface area contributed by atoms with Crippen LogP contribution in [-0.4, -0.2) is 31.4 Å². The molecule has 3 heteroatoms. The Morgan fingerprint density at radius 2 is 2.07 bits per heavy atom. The summed E-state index contributed by atoms with van der Waals surface area (Å²) in [5.74, 6) is 1.12. The molecule has 1 aliphatic heterocycles. The van der Waals surface area contributed by atoms with Gasteiger partial charge in [-0.2, -0.15) is 0 Å². The molecule has 0 saturated carbocycles. The van der Waals surface area contributed by atoms with Gasteiger partial charge in [0.2, 0.25) is 0 Å². The molecule has 1 fully saturated rings. The Bertz CT molecular complexity index is 310. The van der Waals surface area contributed by atoms with Crippen LogP contribution in [-0.2, 0) is 0 Å². The molecule has 1 aromatic rings. The summed E-state index contributed by atoms with van der Waals surface area (Å²) in [5.41, 5.74) is 1.20. The second-order valence-electron chi connectivity index (χ2n) is 3.94. The smallest absolute Gasteiger partial charge is 0.118 e. The van der Waals surface area contributed by atoms with Crippen molar-refractivity contribution in [3.05, 3.63) is 29.8 Å². The Morgan fingerprint density at radius 1 is 1.33 bits per heavy atom. The van der Waals surface area contributed by atoms with Gasteiger partial charge in [0, 0.05) is 12.5 Å². The second-order valence-corrected chi connectivity index (χ2v) is 3.94. The SMILES string of the molecule is COc1ccc([C@H]2CCNC[C@@H]2O)cc1. The number of aliphatic hydroxyl groups is 1. The van der Waals surface area contributed by atoms with E-state index in [1.807, 2.05) is 24.3 Å². The third-order valence-corrected chi connectivity index (χ3v) is 2.99. The fourth-order valence-electron chi connectivity index (χ4n) is 2.08. The van der Waals surface area contributed by atoms with Gasteiger partial charge in [-0.05, 0) is 30.7 Å². The Morgan fingerprint density at radius 3 is 2.67 bits per heavy atom. The number of hydrogen-bond donors (Lipinski definition) is 2. The van der Waals surface area contributed by atoms with E-state index in [1.54, 1.807) is 7.11 Å². The number of nitrogens with one attached hydrogen (secondary N) is 1. The zero-order valence-electron chi connectivity index (χ0n) is 8.94. The highest BCUT2D eigenvalue weighted by atomic mass is 16.5.